The van der Waals surface area contributed by atoms with Crippen LogP contribution >= 0.6 is 11.6 Å². The number of benzene rings is 2. The number of H-pyrrole nitrogens is 1. The summed E-state index contributed by atoms with van der Waals surface area (Å²) in [4.78, 5) is 33.6. The van der Waals surface area contributed by atoms with Gasteiger partial charge in [0, 0.05) is 24.8 Å². The van der Waals surface area contributed by atoms with E-state index in [9.17, 15) is 14.7 Å². The molecule has 2 N–H and O–H groups in total. The number of aliphatic imine (C=N–C) groups is 1. The predicted molar refractivity (Wildman–Crippen MR) is 117 cm³/mol. The summed E-state index contributed by atoms with van der Waals surface area (Å²) in [7, 11) is 3.88. The summed E-state index contributed by atoms with van der Waals surface area (Å²) in [6.07, 6.45) is 0.380. The molecular weight excluding hydrogens is 392 g/mol. The molecule has 0 spiro atoms. The van der Waals surface area contributed by atoms with Crippen LogP contribution in [0.2, 0.25) is 5.02 Å². The van der Waals surface area contributed by atoms with Crippen LogP contribution < -0.4 is 16.1 Å². The van der Waals surface area contributed by atoms with Crippen LogP contribution in [0.5, 0.6) is 5.88 Å². The fourth-order valence-electron chi connectivity index (χ4n) is 2.91. The highest BCUT2D eigenvalue weighted by Gasteiger charge is 2.19. The summed E-state index contributed by atoms with van der Waals surface area (Å²) in [6, 6.07) is 13.8. The number of nitrogens with zero attached hydrogens (tertiary/aromatic N) is 3. The van der Waals surface area contributed by atoms with Crippen LogP contribution in [0.1, 0.15) is 18.9 Å². The highest BCUT2D eigenvalue weighted by atomic mass is 35.5. The minimum Gasteiger partial charge on any atom is -0.493 e. The first-order chi connectivity index (χ1) is 13.8. The highest BCUT2D eigenvalue weighted by molar-refractivity contribution is 6.30. The Morgan fingerprint density at radius 3 is 2.28 bits per heavy atom. The third-order valence-corrected chi connectivity index (χ3v) is 4.68. The number of aromatic amines is 1. The summed E-state index contributed by atoms with van der Waals surface area (Å²) in [5.74, 6) is -0.466. The number of hydrogen-bond donors (Lipinski definition) is 2. The van der Waals surface area contributed by atoms with Crippen molar-refractivity contribution >= 4 is 28.7 Å². The van der Waals surface area contributed by atoms with Gasteiger partial charge in [-0.3, -0.25) is 14.8 Å². The Bertz CT molecular complexity index is 1160. The first-order valence-electron chi connectivity index (χ1n) is 9.01. The molecule has 0 bridgehead atoms. The van der Waals surface area contributed by atoms with Gasteiger partial charge in [0.15, 0.2) is 0 Å². The molecule has 0 saturated carbocycles. The molecule has 29 heavy (non-hydrogen) atoms. The lowest BCUT2D eigenvalue weighted by atomic mass is 10.1. The van der Waals surface area contributed by atoms with Crippen LogP contribution in [-0.2, 0) is 0 Å². The molecule has 0 amide bonds. The number of nitrogens with one attached hydrogen (secondary N) is 1. The molecule has 1 heterocycles. The topological polar surface area (TPSA) is 90.7 Å². The van der Waals surface area contributed by atoms with E-state index in [0.29, 0.717) is 28.5 Å². The van der Waals surface area contributed by atoms with E-state index in [1.165, 1.54) is 0 Å². The molecule has 0 saturated heterocycles. The average molecular weight is 413 g/mol. The second-order valence-electron chi connectivity index (χ2n) is 6.59. The molecule has 0 fully saturated rings. The van der Waals surface area contributed by atoms with E-state index in [1.54, 1.807) is 24.3 Å². The fraction of sp³-hybridized carbons (Fsp3) is 0.190. The highest BCUT2D eigenvalue weighted by Crippen LogP contribution is 2.23. The van der Waals surface area contributed by atoms with Gasteiger partial charge in [-0.1, -0.05) is 18.5 Å². The Balaban J connectivity index is 2.15. The molecule has 2 aromatic carbocycles. The second kappa shape index (κ2) is 8.36. The predicted octanol–water partition coefficient (Wildman–Crippen LogP) is 3.48. The smallest absolute Gasteiger partial charge is 0.335 e. The lowest BCUT2D eigenvalue weighted by molar-refractivity contribution is 0.429. The van der Waals surface area contributed by atoms with Crippen LogP contribution in [0.4, 0.5) is 11.4 Å². The van der Waals surface area contributed by atoms with Gasteiger partial charge in [0.1, 0.15) is 5.56 Å². The minimum absolute atomic E-state index is 0.0428. The fourth-order valence-corrected chi connectivity index (χ4v) is 3.03. The van der Waals surface area contributed by atoms with Crippen LogP contribution in [0.15, 0.2) is 63.1 Å². The van der Waals surface area contributed by atoms with Crippen molar-refractivity contribution in [3.63, 3.8) is 0 Å². The van der Waals surface area contributed by atoms with Crippen molar-refractivity contribution in [3.8, 4) is 11.6 Å². The Kier molecular flexibility index (Phi) is 5.89. The first-order valence-corrected chi connectivity index (χ1v) is 9.39. The number of aromatic nitrogens is 2. The maximum absolute atomic E-state index is 12.5. The van der Waals surface area contributed by atoms with Crippen molar-refractivity contribution < 1.29 is 5.11 Å². The normalized spacial score (nSPS) is 11.5. The second-order valence-corrected chi connectivity index (χ2v) is 7.03. The third-order valence-electron chi connectivity index (χ3n) is 4.42. The van der Waals surface area contributed by atoms with Crippen LogP contribution in [0, 0.1) is 0 Å². The zero-order valence-corrected chi connectivity index (χ0v) is 17.1. The maximum Gasteiger partial charge on any atom is 0.335 e. The van der Waals surface area contributed by atoms with E-state index in [2.05, 4.69) is 9.98 Å². The Morgan fingerprint density at radius 1 is 1.10 bits per heavy atom. The molecule has 7 nitrogen and oxygen atoms in total. The molecule has 150 valence electrons. The van der Waals surface area contributed by atoms with E-state index in [0.717, 1.165) is 10.3 Å². The van der Waals surface area contributed by atoms with Gasteiger partial charge in [0.2, 0.25) is 5.88 Å². The van der Waals surface area contributed by atoms with Crippen molar-refractivity contribution in [2.45, 2.75) is 13.3 Å². The minimum atomic E-state index is -0.746. The lowest BCUT2D eigenvalue weighted by Gasteiger charge is -2.13. The summed E-state index contributed by atoms with van der Waals surface area (Å²) in [6.45, 7) is 1.82. The van der Waals surface area contributed by atoms with Gasteiger partial charge in [-0.2, -0.15) is 0 Å². The zero-order valence-electron chi connectivity index (χ0n) is 16.3. The van der Waals surface area contributed by atoms with Gasteiger partial charge in [-0.25, -0.2) is 9.36 Å². The van der Waals surface area contributed by atoms with Crippen molar-refractivity contribution in [3.05, 3.63) is 80.0 Å². The number of hydrogen-bond acceptors (Lipinski definition) is 5. The largest absolute Gasteiger partial charge is 0.493 e. The first kappa shape index (κ1) is 20.4. The van der Waals surface area contributed by atoms with Crippen LogP contribution in [0.25, 0.3) is 5.69 Å². The molecule has 0 unspecified atom stereocenters. The van der Waals surface area contributed by atoms with E-state index < -0.39 is 17.1 Å². The van der Waals surface area contributed by atoms with E-state index >= 15 is 0 Å². The molecule has 0 aliphatic carbocycles. The molecular formula is C21H21ClN4O3. The van der Waals surface area contributed by atoms with Gasteiger partial charge in [-0.15, -0.1) is 0 Å². The lowest BCUT2D eigenvalue weighted by Crippen LogP contribution is -2.33. The van der Waals surface area contributed by atoms with Gasteiger partial charge < -0.3 is 10.0 Å². The molecule has 0 aliphatic rings. The van der Waals surface area contributed by atoms with Gasteiger partial charge >= 0.3 is 5.69 Å². The summed E-state index contributed by atoms with van der Waals surface area (Å²) >= 11 is 5.90. The number of aromatic hydroxyl groups is 1. The van der Waals surface area contributed by atoms with Crippen molar-refractivity contribution in [1.29, 1.82) is 0 Å². The van der Waals surface area contributed by atoms with Crippen LogP contribution in [-0.4, -0.2) is 34.5 Å². The quantitative estimate of drug-likeness (QED) is 0.627. The van der Waals surface area contributed by atoms with Crippen molar-refractivity contribution in [2.24, 2.45) is 4.99 Å². The standard InChI is InChI=1S/C21H21ClN4O3/c1-4-17(23-14-7-11-15(12-8-14)25(2)3)18-19(27)24-21(29)26(20(18)28)16-9-5-13(22)6-10-16/h5-12,28H,4H2,1-3H3,(H,24,27,29). The Hall–Kier alpha value is -3.32. The van der Waals surface area contributed by atoms with Crippen molar-refractivity contribution in [1.82, 2.24) is 9.55 Å². The zero-order chi connectivity index (χ0) is 21.1. The Morgan fingerprint density at radius 2 is 1.72 bits per heavy atom. The molecule has 3 rings (SSSR count). The average Bonchev–Trinajstić information content (AvgIpc) is 2.68. The maximum atomic E-state index is 12.5. The molecule has 0 aliphatic heterocycles. The molecule has 0 atom stereocenters. The van der Waals surface area contributed by atoms with E-state index in [-0.39, 0.29) is 5.56 Å². The van der Waals surface area contributed by atoms with Gasteiger partial charge in [0.05, 0.1) is 17.1 Å². The Labute approximate surface area is 172 Å². The van der Waals surface area contributed by atoms with Crippen molar-refractivity contribution in [2.75, 3.05) is 19.0 Å². The monoisotopic (exact) mass is 412 g/mol. The summed E-state index contributed by atoms with van der Waals surface area (Å²) in [5.41, 5.74) is 0.907. The van der Waals surface area contributed by atoms with Crippen LogP contribution in [0.3, 0.4) is 0 Å². The number of anilines is 1. The molecule has 1 aromatic heterocycles. The van der Waals surface area contributed by atoms with E-state index in [1.807, 2.05) is 50.2 Å². The summed E-state index contributed by atoms with van der Waals surface area (Å²) < 4.78 is 1.02. The SMILES string of the molecule is CCC(=Nc1ccc(N(C)C)cc1)c1c(O)n(-c2ccc(Cl)cc2)c(=O)[nH]c1=O. The number of rotatable bonds is 5. The number of halogens is 1. The molecule has 0 radical (unpaired) electrons. The molecule has 8 heteroatoms. The summed E-state index contributed by atoms with van der Waals surface area (Å²) in [5, 5.41) is 11.3. The third kappa shape index (κ3) is 4.25. The molecule has 3 aromatic rings. The van der Waals surface area contributed by atoms with Gasteiger partial charge in [0.25, 0.3) is 5.56 Å². The van der Waals surface area contributed by atoms with Gasteiger partial charge in [-0.05, 0) is 55.0 Å². The van der Waals surface area contributed by atoms with E-state index in [4.69, 9.17) is 11.6 Å².